The number of aromatic nitrogens is 2. The highest BCUT2D eigenvalue weighted by Crippen LogP contribution is 2.27. The fourth-order valence-electron chi connectivity index (χ4n) is 1.99. The summed E-state index contributed by atoms with van der Waals surface area (Å²) in [5, 5.41) is 6.41. The number of nitrogens with zero attached hydrogens (tertiary/aromatic N) is 2. The lowest BCUT2D eigenvalue weighted by Crippen LogP contribution is -2.14. The normalized spacial score (nSPS) is 10.6. The number of nitrogens with two attached hydrogens (primary N) is 1. The van der Waals surface area contributed by atoms with Gasteiger partial charge >= 0.3 is 0 Å². The van der Waals surface area contributed by atoms with Gasteiger partial charge in [0, 0.05) is 11.7 Å². The Labute approximate surface area is 137 Å². The van der Waals surface area contributed by atoms with E-state index in [2.05, 4.69) is 27.5 Å². The van der Waals surface area contributed by atoms with Crippen molar-refractivity contribution in [2.75, 3.05) is 23.0 Å². The van der Waals surface area contributed by atoms with Crippen LogP contribution >= 0.6 is 0 Å². The molecular weight excluding hydrogens is 290 g/mol. The van der Waals surface area contributed by atoms with Crippen LogP contribution in [0.5, 0.6) is 5.75 Å². The molecule has 6 heteroatoms. The minimum Gasteiger partial charge on any atom is -0.494 e. The number of benzene rings is 1. The number of hydrogen-bond donors (Lipinski definition) is 3. The Kier molecular flexibility index (Phi) is 6.02. The molecule has 2 rings (SSSR count). The highest BCUT2D eigenvalue weighted by Gasteiger charge is 2.09. The first kappa shape index (κ1) is 16.9. The van der Waals surface area contributed by atoms with E-state index >= 15 is 0 Å². The van der Waals surface area contributed by atoms with Crippen LogP contribution in [0.2, 0.25) is 0 Å². The van der Waals surface area contributed by atoms with E-state index in [-0.39, 0.29) is 6.04 Å². The van der Waals surface area contributed by atoms with Crippen LogP contribution in [0.1, 0.15) is 33.6 Å². The summed E-state index contributed by atoms with van der Waals surface area (Å²) in [6, 6.07) is 8.00. The van der Waals surface area contributed by atoms with Crippen LogP contribution in [0.15, 0.2) is 30.6 Å². The average Bonchev–Trinajstić information content (AvgIpc) is 2.53. The third-order valence-electron chi connectivity index (χ3n) is 3.19. The van der Waals surface area contributed by atoms with E-state index in [1.807, 2.05) is 38.1 Å². The molecule has 0 spiro atoms. The summed E-state index contributed by atoms with van der Waals surface area (Å²) in [5.41, 5.74) is 7.52. The molecule has 0 saturated heterocycles. The van der Waals surface area contributed by atoms with Gasteiger partial charge in [0.15, 0.2) is 11.6 Å². The summed E-state index contributed by atoms with van der Waals surface area (Å²) in [4.78, 5) is 8.38. The summed E-state index contributed by atoms with van der Waals surface area (Å²) >= 11 is 0. The third kappa shape index (κ3) is 5.02. The summed E-state index contributed by atoms with van der Waals surface area (Å²) in [7, 11) is 0. The lowest BCUT2D eigenvalue weighted by Gasteiger charge is -2.14. The number of anilines is 4. The number of rotatable bonds is 8. The van der Waals surface area contributed by atoms with E-state index in [0.717, 1.165) is 30.9 Å². The Morgan fingerprint density at radius 1 is 1.13 bits per heavy atom. The molecule has 4 N–H and O–H groups in total. The van der Waals surface area contributed by atoms with E-state index in [1.165, 1.54) is 6.33 Å². The monoisotopic (exact) mass is 315 g/mol. The first-order valence-electron chi connectivity index (χ1n) is 7.97. The minimum atomic E-state index is 0.250. The molecule has 1 heterocycles. The zero-order valence-corrected chi connectivity index (χ0v) is 14.0. The maximum Gasteiger partial charge on any atom is 0.159 e. The lowest BCUT2D eigenvalue weighted by atomic mass is 10.3. The van der Waals surface area contributed by atoms with E-state index in [0.29, 0.717) is 17.3 Å². The molecule has 0 fully saturated rings. The third-order valence-corrected chi connectivity index (χ3v) is 3.19. The zero-order chi connectivity index (χ0) is 16.7. The molecule has 124 valence electrons. The lowest BCUT2D eigenvalue weighted by molar-refractivity contribution is 0.309. The predicted molar refractivity (Wildman–Crippen MR) is 95.3 cm³/mol. The van der Waals surface area contributed by atoms with Crippen LogP contribution in [-0.2, 0) is 0 Å². The summed E-state index contributed by atoms with van der Waals surface area (Å²) in [6.45, 7) is 6.95. The van der Waals surface area contributed by atoms with Crippen molar-refractivity contribution in [2.24, 2.45) is 0 Å². The maximum atomic E-state index is 6.12. The molecule has 0 aliphatic heterocycles. The van der Waals surface area contributed by atoms with Gasteiger partial charge < -0.3 is 21.1 Å². The molecule has 6 nitrogen and oxygen atoms in total. The van der Waals surface area contributed by atoms with Crippen molar-refractivity contribution in [3.8, 4) is 5.75 Å². The van der Waals surface area contributed by atoms with Gasteiger partial charge in [0.05, 0.1) is 6.61 Å². The Bertz CT molecular complexity index is 613. The van der Waals surface area contributed by atoms with Crippen molar-refractivity contribution < 1.29 is 4.74 Å². The molecule has 0 unspecified atom stereocenters. The van der Waals surface area contributed by atoms with Crippen LogP contribution in [0.25, 0.3) is 0 Å². The van der Waals surface area contributed by atoms with Crippen molar-refractivity contribution in [1.29, 1.82) is 0 Å². The van der Waals surface area contributed by atoms with Gasteiger partial charge in [-0.1, -0.05) is 13.3 Å². The van der Waals surface area contributed by atoms with Gasteiger partial charge in [-0.05, 0) is 44.5 Å². The minimum absolute atomic E-state index is 0.250. The standard InChI is InChI=1S/C17H25N5O/c1-4-5-10-23-14-8-6-13(7-9-14)22-17-15(18)16(19-11-20-17)21-12(2)3/h6-9,11-12H,4-5,10,18H2,1-3H3,(H2,19,20,21,22). The second kappa shape index (κ2) is 8.22. The van der Waals surface area contributed by atoms with E-state index in [1.54, 1.807) is 0 Å². The molecule has 0 atom stereocenters. The highest BCUT2D eigenvalue weighted by molar-refractivity contribution is 5.77. The van der Waals surface area contributed by atoms with Gasteiger partial charge in [0.25, 0.3) is 0 Å². The summed E-state index contributed by atoms with van der Waals surface area (Å²) < 4.78 is 5.65. The zero-order valence-electron chi connectivity index (χ0n) is 14.0. The molecular formula is C17H25N5O. The first-order chi connectivity index (χ1) is 11.1. The van der Waals surface area contributed by atoms with Crippen LogP contribution in [0.4, 0.5) is 23.0 Å². The summed E-state index contributed by atoms with van der Waals surface area (Å²) in [5.74, 6) is 2.08. The van der Waals surface area contributed by atoms with Crippen LogP contribution in [0.3, 0.4) is 0 Å². The van der Waals surface area contributed by atoms with Gasteiger partial charge in [-0.15, -0.1) is 0 Å². The quantitative estimate of drug-likeness (QED) is 0.642. The van der Waals surface area contributed by atoms with Crippen LogP contribution in [-0.4, -0.2) is 22.6 Å². The number of hydrogen-bond acceptors (Lipinski definition) is 6. The predicted octanol–water partition coefficient (Wildman–Crippen LogP) is 3.80. The van der Waals surface area contributed by atoms with Crippen molar-refractivity contribution in [1.82, 2.24) is 9.97 Å². The van der Waals surface area contributed by atoms with E-state index in [9.17, 15) is 0 Å². The molecule has 23 heavy (non-hydrogen) atoms. The molecule has 0 amide bonds. The molecule has 0 bridgehead atoms. The topological polar surface area (TPSA) is 85.1 Å². The van der Waals surface area contributed by atoms with E-state index < -0.39 is 0 Å². The van der Waals surface area contributed by atoms with Gasteiger partial charge in [0.1, 0.15) is 17.8 Å². The fourth-order valence-corrected chi connectivity index (χ4v) is 1.99. The number of nitrogen functional groups attached to an aromatic ring is 1. The number of nitrogens with one attached hydrogen (secondary N) is 2. The molecule has 0 aliphatic rings. The van der Waals surface area contributed by atoms with Crippen molar-refractivity contribution >= 4 is 23.0 Å². The second-order valence-corrected chi connectivity index (χ2v) is 5.63. The fraction of sp³-hybridized carbons (Fsp3) is 0.412. The van der Waals surface area contributed by atoms with Crippen molar-refractivity contribution in [3.05, 3.63) is 30.6 Å². The second-order valence-electron chi connectivity index (χ2n) is 5.63. The molecule has 1 aromatic carbocycles. The van der Waals surface area contributed by atoms with Gasteiger partial charge in [-0.2, -0.15) is 0 Å². The van der Waals surface area contributed by atoms with Crippen molar-refractivity contribution in [3.63, 3.8) is 0 Å². The van der Waals surface area contributed by atoms with Crippen LogP contribution < -0.4 is 21.1 Å². The first-order valence-corrected chi connectivity index (χ1v) is 7.97. The SMILES string of the molecule is CCCCOc1ccc(Nc2ncnc(NC(C)C)c2N)cc1. The molecule has 2 aromatic rings. The van der Waals surface area contributed by atoms with Gasteiger partial charge in [-0.25, -0.2) is 9.97 Å². The largest absolute Gasteiger partial charge is 0.494 e. The Hall–Kier alpha value is -2.50. The Morgan fingerprint density at radius 3 is 2.48 bits per heavy atom. The maximum absolute atomic E-state index is 6.12. The number of ether oxygens (including phenoxy) is 1. The highest BCUT2D eigenvalue weighted by atomic mass is 16.5. The van der Waals surface area contributed by atoms with Gasteiger partial charge in [0.2, 0.25) is 0 Å². The van der Waals surface area contributed by atoms with Crippen LogP contribution in [0, 0.1) is 0 Å². The molecule has 1 aromatic heterocycles. The van der Waals surface area contributed by atoms with Crippen molar-refractivity contribution in [2.45, 2.75) is 39.7 Å². The molecule has 0 saturated carbocycles. The Morgan fingerprint density at radius 2 is 1.83 bits per heavy atom. The summed E-state index contributed by atoms with van der Waals surface area (Å²) in [6.07, 6.45) is 3.67. The average molecular weight is 315 g/mol. The van der Waals surface area contributed by atoms with E-state index in [4.69, 9.17) is 10.5 Å². The smallest absolute Gasteiger partial charge is 0.159 e. The molecule has 0 aliphatic carbocycles. The van der Waals surface area contributed by atoms with Gasteiger partial charge in [-0.3, -0.25) is 0 Å². The Balaban J connectivity index is 2.04. The molecule has 0 radical (unpaired) electrons. The number of unbranched alkanes of at least 4 members (excludes halogenated alkanes) is 1.